The Labute approximate surface area is 141 Å². The Hall–Kier alpha value is -1.93. The molecule has 0 bridgehead atoms. The Morgan fingerprint density at radius 1 is 1.22 bits per heavy atom. The molecule has 0 spiro atoms. The molecule has 5 nitrogen and oxygen atoms in total. The van der Waals surface area contributed by atoms with Crippen LogP contribution in [0, 0.1) is 5.82 Å². The van der Waals surface area contributed by atoms with Crippen LogP contribution in [0.3, 0.4) is 0 Å². The van der Waals surface area contributed by atoms with Gasteiger partial charge in [-0.1, -0.05) is 18.2 Å². The average molecular weight is 402 g/mol. The van der Waals surface area contributed by atoms with Gasteiger partial charge < -0.3 is 4.74 Å². The molecular formula is C15H13BrFNO4S. The van der Waals surface area contributed by atoms with Gasteiger partial charge in [0, 0.05) is 5.56 Å². The monoisotopic (exact) mass is 401 g/mol. The second-order valence-corrected chi connectivity index (χ2v) is 7.34. The maximum absolute atomic E-state index is 13.8. The zero-order valence-electron chi connectivity index (χ0n) is 12.0. The lowest BCUT2D eigenvalue weighted by atomic mass is 10.1. The van der Waals surface area contributed by atoms with E-state index < -0.39 is 21.7 Å². The van der Waals surface area contributed by atoms with Crippen molar-refractivity contribution in [1.82, 2.24) is 4.72 Å². The van der Waals surface area contributed by atoms with E-state index in [2.05, 4.69) is 15.9 Å². The standard InChI is InChI=1S/C15H13BrFNO4S/c1-23(20,21)18-15(19)11-7-5-10(6-8-11)9-22-13-4-2-3-12(16)14(13)17/h2-8H,9H2,1H3,(H,18,19). The molecule has 2 aromatic rings. The lowest BCUT2D eigenvalue weighted by Gasteiger charge is -2.09. The summed E-state index contributed by atoms with van der Waals surface area (Å²) < 4.78 is 43.3. The highest BCUT2D eigenvalue weighted by Gasteiger charge is 2.11. The molecule has 0 fully saturated rings. The molecule has 0 aliphatic rings. The Kier molecular flexibility index (Phi) is 5.38. The van der Waals surface area contributed by atoms with Crippen molar-refractivity contribution in [3.8, 4) is 5.75 Å². The van der Waals surface area contributed by atoms with Gasteiger partial charge in [0.2, 0.25) is 10.0 Å². The molecule has 1 amide bonds. The van der Waals surface area contributed by atoms with Crippen molar-refractivity contribution in [3.05, 3.63) is 63.9 Å². The minimum absolute atomic E-state index is 0.110. The van der Waals surface area contributed by atoms with Crippen LogP contribution in [0.2, 0.25) is 0 Å². The van der Waals surface area contributed by atoms with E-state index >= 15 is 0 Å². The van der Waals surface area contributed by atoms with Gasteiger partial charge in [-0.05, 0) is 45.8 Å². The first kappa shape index (κ1) is 17.4. The zero-order chi connectivity index (χ0) is 17.0. The zero-order valence-corrected chi connectivity index (χ0v) is 14.4. The predicted molar refractivity (Wildman–Crippen MR) is 87.2 cm³/mol. The first-order valence-electron chi connectivity index (χ1n) is 6.44. The molecule has 0 saturated heterocycles. The van der Waals surface area contributed by atoms with E-state index in [0.29, 0.717) is 10.0 Å². The van der Waals surface area contributed by atoms with E-state index in [-0.39, 0.29) is 17.9 Å². The van der Waals surface area contributed by atoms with Crippen LogP contribution >= 0.6 is 15.9 Å². The lowest BCUT2D eigenvalue weighted by Crippen LogP contribution is -2.29. The van der Waals surface area contributed by atoms with Gasteiger partial charge >= 0.3 is 0 Å². The molecule has 0 radical (unpaired) electrons. The van der Waals surface area contributed by atoms with Crippen LogP contribution in [-0.2, 0) is 16.6 Å². The summed E-state index contributed by atoms with van der Waals surface area (Å²) in [5.74, 6) is -1.09. The van der Waals surface area contributed by atoms with E-state index in [9.17, 15) is 17.6 Å². The molecule has 0 unspecified atom stereocenters. The van der Waals surface area contributed by atoms with Gasteiger partial charge in [0.25, 0.3) is 5.91 Å². The number of rotatable bonds is 5. The fraction of sp³-hybridized carbons (Fsp3) is 0.133. The van der Waals surface area contributed by atoms with Gasteiger partial charge in [-0.2, -0.15) is 0 Å². The van der Waals surface area contributed by atoms with Crippen molar-refractivity contribution < 1.29 is 22.3 Å². The molecule has 2 rings (SSSR count). The summed E-state index contributed by atoms with van der Waals surface area (Å²) in [5.41, 5.74) is 0.910. The SMILES string of the molecule is CS(=O)(=O)NC(=O)c1ccc(COc2cccc(Br)c2F)cc1. The number of benzene rings is 2. The van der Waals surface area contributed by atoms with Crippen LogP contribution in [0.4, 0.5) is 4.39 Å². The lowest BCUT2D eigenvalue weighted by molar-refractivity contribution is 0.0981. The molecule has 1 N–H and O–H groups in total. The number of hydrogen-bond donors (Lipinski definition) is 1. The number of halogens is 2. The van der Waals surface area contributed by atoms with E-state index in [1.165, 1.54) is 18.2 Å². The summed E-state index contributed by atoms with van der Waals surface area (Å²) in [7, 11) is -3.61. The Morgan fingerprint density at radius 2 is 1.87 bits per heavy atom. The molecule has 0 aliphatic carbocycles. The molecule has 8 heteroatoms. The van der Waals surface area contributed by atoms with E-state index in [0.717, 1.165) is 6.26 Å². The van der Waals surface area contributed by atoms with Gasteiger partial charge in [-0.25, -0.2) is 17.5 Å². The van der Waals surface area contributed by atoms with Crippen molar-refractivity contribution in [2.24, 2.45) is 0 Å². The van der Waals surface area contributed by atoms with Crippen LogP contribution in [0.15, 0.2) is 46.9 Å². The maximum atomic E-state index is 13.8. The van der Waals surface area contributed by atoms with Crippen LogP contribution < -0.4 is 9.46 Å². The van der Waals surface area contributed by atoms with E-state index in [1.54, 1.807) is 24.3 Å². The van der Waals surface area contributed by atoms with Gasteiger partial charge in [0.05, 0.1) is 10.7 Å². The van der Waals surface area contributed by atoms with Gasteiger partial charge in [0.15, 0.2) is 11.6 Å². The number of carbonyl (C=O) groups excluding carboxylic acids is 1. The normalized spacial score (nSPS) is 11.1. The van der Waals surface area contributed by atoms with Crippen molar-refractivity contribution in [2.45, 2.75) is 6.61 Å². The van der Waals surface area contributed by atoms with Crippen molar-refractivity contribution in [2.75, 3.05) is 6.26 Å². The van der Waals surface area contributed by atoms with Gasteiger partial charge in [-0.15, -0.1) is 0 Å². The smallest absolute Gasteiger partial charge is 0.264 e. The van der Waals surface area contributed by atoms with Crippen LogP contribution in [0.5, 0.6) is 5.75 Å². The van der Waals surface area contributed by atoms with Crippen molar-refractivity contribution in [3.63, 3.8) is 0 Å². The number of nitrogens with one attached hydrogen (secondary N) is 1. The highest BCUT2D eigenvalue weighted by molar-refractivity contribution is 9.10. The van der Waals surface area contributed by atoms with E-state index in [1.807, 2.05) is 4.72 Å². The largest absolute Gasteiger partial charge is 0.486 e. The molecule has 0 aromatic heterocycles. The molecule has 122 valence electrons. The summed E-state index contributed by atoms with van der Waals surface area (Å²) in [6, 6.07) is 10.9. The third kappa shape index (κ3) is 5.04. The van der Waals surface area contributed by atoms with Gasteiger partial charge in [0.1, 0.15) is 6.61 Å². The van der Waals surface area contributed by atoms with Gasteiger partial charge in [-0.3, -0.25) is 4.79 Å². The minimum Gasteiger partial charge on any atom is -0.486 e. The molecule has 0 atom stereocenters. The van der Waals surface area contributed by atoms with Crippen LogP contribution in [0.25, 0.3) is 0 Å². The topological polar surface area (TPSA) is 72.5 Å². The van der Waals surface area contributed by atoms with Crippen LogP contribution in [-0.4, -0.2) is 20.6 Å². The fourth-order valence-corrected chi connectivity index (χ4v) is 2.54. The number of sulfonamides is 1. The maximum Gasteiger partial charge on any atom is 0.264 e. The summed E-state index contributed by atoms with van der Waals surface area (Å²) in [6.07, 6.45) is 0.902. The minimum atomic E-state index is -3.61. The third-order valence-corrected chi connectivity index (χ3v) is 3.97. The number of hydrogen-bond acceptors (Lipinski definition) is 4. The summed E-state index contributed by atoms with van der Waals surface area (Å²) in [5, 5.41) is 0. The summed E-state index contributed by atoms with van der Waals surface area (Å²) in [4.78, 5) is 11.7. The first-order chi connectivity index (χ1) is 10.8. The number of ether oxygens (including phenoxy) is 1. The summed E-state index contributed by atoms with van der Waals surface area (Å²) in [6.45, 7) is 0.112. The first-order valence-corrected chi connectivity index (χ1v) is 9.12. The molecule has 0 saturated carbocycles. The molecular weight excluding hydrogens is 389 g/mol. The number of amides is 1. The van der Waals surface area contributed by atoms with Crippen molar-refractivity contribution in [1.29, 1.82) is 0 Å². The average Bonchev–Trinajstić information content (AvgIpc) is 2.47. The molecule has 23 heavy (non-hydrogen) atoms. The molecule has 2 aromatic carbocycles. The fourth-order valence-electron chi connectivity index (χ4n) is 1.74. The predicted octanol–water partition coefficient (Wildman–Crippen LogP) is 2.86. The Morgan fingerprint density at radius 3 is 2.48 bits per heavy atom. The second kappa shape index (κ2) is 7.10. The summed E-state index contributed by atoms with van der Waals surface area (Å²) >= 11 is 3.07. The second-order valence-electron chi connectivity index (χ2n) is 4.74. The molecule has 0 aliphatic heterocycles. The Balaban J connectivity index is 2.03. The van der Waals surface area contributed by atoms with Crippen molar-refractivity contribution >= 4 is 31.9 Å². The molecule has 0 heterocycles. The van der Waals surface area contributed by atoms with E-state index in [4.69, 9.17) is 4.74 Å². The highest BCUT2D eigenvalue weighted by atomic mass is 79.9. The number of carbonyl (C=O) groups is 1. The highest BCUT2D eigenvalue weighted by Crippen LogP contribution is 2.25. The Bertz CT molecular complexity index is 822. The third-order valence-electron chi connectivity index (χ3n) is 2.80. The quantitative estimate of drug-likeness (QED) is 0.835. The van der Waals surface area contributed by atoms with Crippen LogP contribution in [0.1, 0.15) is 15.9 Å².